The van der Waals surface area contributed by atoms with Crippen LogP contribution < -0.4 is 0 Å². The molecule has 0 aliphatic carbocycles. The van der Waals surface area contributed by atoms with E-state index in [1.165, 1.54) is 6.42 Å². The summed E-state index contributed by atoms with van der Waals surface area (Å²) in [6.07, 6.45) is 3.61. The van der Waals surface area contributed by atoms with E-state index in [2.05, 4.69) is 25.3 Å². The van der Waals surface area contributed by atoms with Crippen LogP contribution in [-0.4, -0.2) is 5.25 Å². The van der Waals surface area contributed by atoms with Crippen molar-refractivity contribution in [2.75, 3.05) is 0 Å². The van der Waals surface area contributed by atoms with Gasteiger partial charge in [-0.3, -0.25) is 0 Å². The molecular weight excluding hydrogens is 116 g/mol. The third kappa shape index (κ3) is 1.08. The van der Waals surface area contributed by atoms with Crippen LogP contribution in [0.3, 0.4) is 0 Å². The normalized spacial score (nSPS) is 36.2. The third-order valence-electron chi connectivity index (χ3n) is 1.69. The fraction of sp³-hybridized carbons (Fsp3) is 0.714. The first-order valence-electron chi connectivity index (χ1n) is 3.16. The van der Waals surface area contributed by atoms with Crippen molar-refractivity contribution in [3.63, 3.8) is 0 Å². The van der Waals surface area contributed by atoms with Crippen LogP contribution in [0.2, 0.25) is 0 Å². The average molecular weight is 128 g/mol. The fourth-order valence-corrected chi connectivity index (χ4v) is 2.02. The summed E-state index contributed by atoms with van der Waals surface area (Å²) in [5.74, 6) is 0.847. The summed E-state index contributed by atoms with van der Waals surface area (Å²) in [6.45, 7) is 4.54. The Kier molecular flexibility index (Phi) is 2.01. The van der Waals surface area contributed by atoms with Gasteiger partial charge >= 0.3 is 0 Å². The summed E-state index contributed by atoms with van der Waals surface area (Å²) >= 11 is 1.95. The number of thioether (sulfide) groups is 1. The number of rotatable bonds is 1. The Bertz CT molecular complexity index is 96.6. The van der Waals surface area contributed by atoms with Gasteiger partial charge in [0.25, 0.3) is 0 Å². The van der Waals surface area contributed by atoms with Gasteiger partial charge in [-0.15, -0.1) is 11.8 Å². The summed E-state index contributed by atoms with van der Waals surface area (Å²) in [6, 6.07) is 0. The van der Waals surface area contributed by atoms with Crippen LogP contribution in [0.15, 0.2) is 11.5 Å². The van der Waals surface area contributed by atoms with Gasteiger partial charge in [-0.25, -0.2) is 0 Å². The van der Waals surface area contributed by atoms with Crippen LogP contribution in [0.1, 0.15) is 20.3 Å². The van der Waals surface area contributed by atoms with Crippen molar-refractivity contribution in [3.05, 3.63) is 11.5 Å². The lowest BCUT2D eigenvalue weighted by Crippen LogP contribution is -2.04. The molecule has 0 nitrogen and oxygen atoms in total. The second-order valence-electron chi connectivity index (χ2n) is 2.24. The maximum atomic E-state index is 2.31. The van der Waals surface area contributed by atoms with Crippen molar-refractivity contribution in [1.29, 1.82) is 0 Å². The van der Waals surface area contributed by atoms with E-state index in [0.717, 1.165) is 11.2 Å². The van der Waals surface area contributed by atoms with E-state index in [4.69, 9.17) is 0 Å². The van der Waals surface area contributed by atoms with Crippen LogP contribution in [0.4, 0.5) is 0 Å². The maximum absolute atomic E-state index is 2.31. The summed E-state index contributed by atoms with van der Waals surface area (Å²) in [7, 11) is 0. The van der Waals surface area contributed by atoms with Crippen molar-refractivity contribution in [1.82, 2.24) is 0 Å². The Morgan fingerprint density at radius 1 is 1.62 bits per heavy atom. The van der Waals surface area contributed by atoms with Gasteiger partial charge in [0.05, 0.1) is 0 Å². The van der Waals surface area contributed by atoms with Gasteiger partial charge in [-0.05, 0) is 17.7 Å². The minimum Gasteiger partial charge on any atom is -0.131 e. The van der Waals surface area contributed by atoms with Gasteiger partial charge in [0.1, 0.15) is 0 Å². The molecular formula is C7H12S. The number of hydrogen-bond acceptors (Lipinski definition) is 1. The van der Waals surface area contributed by atoms with Crippen LogP contribution in [-0.2, 0) is 0 Å². The van der Waals surface area contributed by atoms with E-state index in [1.54, 1.807) is 0 Å². The molecule has 46 valence electrons. The van der Waals surface area contributed by atoms with Gasteiger partial charge in [0.2, 0.25) is 0 Å². The summed E-state index contributed by atoms with van der Waals surface area (Å²) < 4.78 is 0. The molecule has 0 spiro atoms. The summed E-state index contributed by atoms with van der Waals surface area (Å²) in [5.41, 5.74) is 0. The zero-order valence-corrected chi connectivity index (χ0v) is 6.24. The molecule has 1 heteroatoms. The van der Waals surface area contributed by atoms with Crippen molar-refractivity contribution < 1.29 is 0 Å². The monoisotopic (exact) mass is 128 g/mol. The summed E-state index contributed by atoms with van der Waals surface area (Å²) in [5, 5.41) is 3.05. The highest BCUT2D eigenvalue weighted by atomic mass is 32.2. The quantitative estimate of drug-likeness (QED) is 0.523. The maximum Gasteiger partial charge on any atom is 0.0123 e. The lowest BCUT2D eigenvalue weighted by atomic mass is 10.0. The molecule has 0 aromatic carbocycles. The molecule has 0 bridgehead atoms. The molecule has 0 saturated heterocycles. The van der Waals surface area contributed by atoms with Crippen LogP contribution in [0.5, 0.6) is 0 Å². The molecule has 1 aliphatic heterocycles. The molecule has 0 aromatic rings. The highest BCUT2D eigenvalue weighted by molar-refractivity contribution is 8.02. The molecule has 0 aromatic heterocycles. The molecule has 1 unspecified atom stereocenters. The Morgan fingerprint density at radius 2 is 2.38 bits per heavy atom. The number of allylic oxidation sites excluding steroid dienone is 1. The first-order valence-corrected chi connectivity index (χ1v) is 4.11. The van der Waals surface area contributed by atoms with Gasteiger partial charge in [-0.2, -0.15) is 0 Å². The van der Waals surface area contributed by atoms with Crippen molar-refractivity contribution >= 4 is 11.8 Å². The van der Waals surface area contributed by atoms with E-state index >= 15 is 0 Å². The molecule has 8 heavy (non-hydrogen) atoms. The first-order chi connectivity index (χ1) is 3.84. The molecule has 0 radical (unpaired) electrons. The molecule has 2 atom stereocenters. The Hall–Kier alpha value is 0.0900. The van der Waals surface area contributed by atoms with Gasteiger partial charge in [-0.1, -0.05) is 19.9 Å². The number of hydrogen-bond donors (Lipinski definition) is 0. The molecule has 0 N–H and O–H groups in total. The van der Waals surface area contributed by atoms with E-state index in [9.17, 15) is 0 Å². The Labute approximate surface area is 55.4 Å². The zero-order valence-electron chi connectivity index (χ0n) is 5.42. The summed E-state index contributed by atoms with van der Waals surface area (Å²) in [4.78, 5) is 0. The van der Waals surface area contributed by atoms with Crippen molar-refractivity contribution in [2.45, 2.75) is 25.5 Å². The smallest absolute Gasteiger partial charge is 0.0123 e. The van der Waals surface area contributed by atoms with Crippen LogP contribution in [0, 0.1) is 5.92 Å². The SMILES string of the molecule is CC[C@@H]1C=CSC1C. The topological polar surface area (TPSA) is 0 Å². The van der Waals surface area contributed by atoms with E-state index in [1.807, 2.05) is 11.8 Å². The molecule has 1 aliphatic rings. The minimum atomic E-state index is 0.833. The zero-order chi connectivity index (χ0) is 5.98. The molecule has 0 fully saturated rings. The standard InChI is InChI=1S/C7H12S/c1-3-7-4-5-8-6(7)2/h4-7H,3H2,1-2H3/t6?,7-/m1/s1. The van der Waals surface area contributed by atoms with E-state index in [0.29, 0.717) is 0 Å². The first kappa shape index (κ1) is 6.21. The highest BCUT2D eigenvalue weighted by Crippen LogP contribution is 2.30. The molecule has 1 rings (SSSR count). The third-order valence-corrected chi connectivity index (χ3v) is 2.79. The van der Waals surface area contributed by atoms with E-state index in [-0.39, 0.29) is 0 Å². The lowest BCUT2D eigenvalue weighted by molar-refractivity contribution is 0.630. The van der Waals surface area contributed by atoms with Crippen molar-refractivity contribution in [3.8, 4) is 0 Å². The predicted octanol–water partition coefficient (Wildman–Crippen LogP) is 2.66. The largest absolute Gasteiger partial charge is 0.131 e. The van der Waals surface area contributed by atoms with Crippen molar-refractivity contribution in [2.24, 2.45) is 5.92 Å². The molecule has 0 amide bonds. The second kappa shape index (κ2) is 2.58. The van der Waals surface area contributed by atoms with Crippen LogP contribution in [0.25, 0.3) is 0 Å². The van der Waals surface area contributed by atoms with Crippen LogP contribution >= 0.6 is 11.8 Å². The molecule has 1 heterocycles. The highest BCUT2D eigenvalue weighted by Gasteiger charge is 2.15. The van der Waals surface area contributed by atoms with Gasteiger partial charge in [0, 0.05) is 5.25 Å². The Balaban J connectivity index is 2.41. The molecule has 0 saturated carbocycles. The fourth-order valence-electron chi connectivity index (χ4n) is 0.996. The average Bonchev–Trinajstić information content (AvgIpc) is 2.14. The van der Waals surface area contributed by atoms with Gasteiger partial charge < -0.3 is 0 Å². The predicted molar refractivity (Wildman–Crippen MR) is 40.0 cm³/mol. The minimum absolute atomic E-state index is 0.833. The second-order valence-corrected chi connectivity index (χ2v) is 3.53. The van der Waals surface area contributed by atoms with Gasteiger partial charge in [0.15, 0.2) is 0 Å². The van der Waals surface area contributed by atoms with E-state index < -0.39 is 0 Å². The Morgan fingerprint density at radius 3 is 2.62 bits per heavy atom. The lowest BCUT2D eigenvalue weighted by Gasteiger charge is -2.08.